The minimum absolute atomic E-state index is 0.0673. The Balaban J connectivity index is 2.19. The molecule has 2 aromatic rings. The molecule has 0 aliphatic heterocycles. The lowest BCUT2D eigenvalue weighted by Gasteiger charge is -2.12. The van der Waals surface area contributed by atoms with Gasteiger partial charge in [0.25, 0.3) is 0 Å². The first-order chi connectivity index (χ1) is 13.5. The molecule has 0 saturated heterocycles. The van der Waals surface area contributed by atoms with E-state index in [9.17, 15) is 9.59 Å². The average Bonchev–Trinajstić information content (AvgIpc) is 3.19. The molecule has 8 nitrogen and oxygen atoms in total. The zero-order valence-electron chi connectivity index (χ0n) is 15.7. The fourth-order valence-electron chi connectivity index (χ4n) is 2.23. The number of ether oxygens (including phenoxy) is 4. The predicted molar refractivity (Wildman–Crippen MR) is 97.6 cm³/mol. The number of methoxy groups -OCH3 is 2. The number of benzene rings is 1. The second-order valence-corrected chi connectivity index (χ2v) is 5.35. The number of nitriles is 1. The van der Waals surface area contributed by atoms with E-state index in [0.29, 0.717) is 29.4 Å². The summed E-state index contributed by atoms with van der Waals surface area (Å²) in [4.78, 5) is 23.0. The highest BCUT2D eigenvalue weighted by atomic mass is 16.5. The summed E-state index contributed by atoms with van der Waals surface area (Å²) in [5, 5.41) is 9.07. The van der Waals surface area contributed by atoms with Crippen LogP contribution in [0.15, 0.2) is 40.3 Å². The van der Waals surface area contributed by atoms with Crippen molar-refractivity contribution in [2.45, 2.75) is 13.5 Å². The molecule has 8 heteroatoms. The summed E-state index contributed by atoms with van der Waals surface area (Å²) in [5.41, 5.74) is 0.438. The number of carbonyl (C=O) groups is 2. The first kappa shape index (κ1) is 20.6. The third-order valence-electron chi connectivity index (χ3n) is 3.52. The lowest BCUT2D eigenvalue weighted by molar-refractivity contribution is -0.135. The van der Waals surface area contributed by atoms with Crippen molar-refractivity contribution in [3.05, 3.63) is 53.0 Å². The molecule has 0 bridgehead atoms. The summed E-state index contributed by atoms with van der Waals surface area (Å²) in [7, 11) is 2.47. The molecule has 1 aromatic carbocycles. The number of hydrogen-bond donors (Lipinski definition) is 0. The van der Waals surface area contributed by atoms with Gasteiger partial charge >= 0.3 is 11.9 Å². The third-order valence-corrected chi connectivity index (χ3v) is 3.52. The van der Waals surface area contributed by atoms with Crippen molar-refractivity contribution in [2.75, 3.05) is 20.8 Å². The van der Waals surface area contributed by atoms with Crippen LogP contribution in [-0.4, -0.2) is 32.8 Å². The van der Waals surface area contributed by atoms with Crippen molar-refractivity contribution in [3.8, 4) is 17.6 Å². The first-order valence-corrected chi connectivity index (χ1v) is 8.29. The second-order valence-electron chi connectivity index (χ2n) is 5.35. The van der Waals surface area contributed by atoms with Gasteiger partial charge in [-0.3, -0.25) is 0 Å². The van der Waals surface area contributed by atoms with Gasteiger partial charge in [0.15, 0.2) is 11.5 Å². The summed E-state index contributed by atoms with van der Waals surface area (Å²) < 4.78 is 25.8. The molecule has 0 aliphatic carbocycles. The largest absolute Gasteiger partial charge is 0.490 e. The van der Waals surface area contributed by atoms with Crippen LogP contribution in [0.3, 0.4) is 0 Å². The van der Waals surface area contributed by atoms with Crippen molar-refractivity contribution in [1.29, 1.82) is 5.26 Å². The van der Waals surface area contributed by atoms with Gasteiger partial charge in [0.1, 0.15) is 24.0 Å². The number of hydrogen-bond acceptors (Lipinski definition) is 8. The number of nitrogens with zero attached hydrogens (tertiary/aromatic N) is 1. The highest BCUT2D eigenvalue weighted by Gasteiger charge is 2.13. The van der Waals surface area contributed by atoms with Gasteiger partial charge in [-0.05, 0) is 42.8 Å². The summed E-state index contributed by atoms with van der Waals surface area (Å²) in [5.74, 6) is 0.0869. The number of carbonyl (C=O) groups excluding carboxylic acids is 2. The van der Waals surface area contributed by atoms with E-state index < -0.39 is 11.9 Å². The molecule has 28 heavy (non-hydrogen) atoms. The molecule has 0 fully saturated rings. The molecular weight excluding hydrogens is 366 g/mol. The van der Waals surface area contributed by atoms with Crippen LogP contribution >= 0.6 is 0 Å². The Morgan fingerprint density at radius 1 is 1.11 bits per heavy atom. The van der Waals surface area contributed by atoms with E-state index in [2.05, 4.69) is 9.47 Å². The number of esters is 2. The fourth-order valence-corrected chi connectivity index (χ4v) is 2.23. The van der Waals surface area contributed by atoms with E-state index in [0.717, 1.165) is 0 Å². The quantitative estimate of drug-likeness (QED) is 0.387. The van der Waals surface area contributed by atoms with E-state index in [1.54, 1.807) is 30.3 Å². The zero-order chi connectivity index (χ0) is 20.5. The van der Waals surface area contributed by atoms with Crippen LogP contribution in [0.2, 0.25) is 0 Å². The summed E-state index contributed by atoms with van der Waals surface area (Å²) in [6, 6.07) is 9.86. The Morgan fingerprint density at radius 2 is 1.89 bits per heavy atom. The molecule has 0 N–H and O–H groups in total. The minimum Gasteiger partial charge on any atom is -0.490 e. The Bertz CT molecular complexity index is 921. The molecule has 1 heterocycles. The summed E-state index contributed by atoms with van der Waals surface area (Å²) in [6.07, 6.45) is 1.40. The third kappa shape index (κ3) is 5.14. The molecule has 146 valence electrons. The lowest BCUT2D eigenvalue weighted by atomic mass is 10.1. The summed E-state index contributed by atoms with van der Waals surface area (Å²) >= 11 is 0. The molecule has 0 spiro atoms. The van der Waals surface area contributed by atoms with Crippen LogP contribution in [0.5, 0.6) is 11.5 Å². The molecule has 0 aliphatic rings. The maximum atomic E-state index is 11.5. The SMILES string of the molecule is CCOc1cc(/C=C(\C#N)C(=O)OC)ccc1OCc1ccc(C(=O)OC)o1. The monoisotopic (exact) mass is 385 g/mol. The molecule has 1 aromatic heterocycles. The minimum atomic E-state index is -0.722. The topological polar surface area (TPSA) is 108 Å². The van der Waals surface area contributed by atoms with Crippen LogP contribution in [0.1, 0.15) is 28.8 Å². The Hall–Kier alpha value is -3.73. The Kier molecular flexibility index (Phi) is 7.22. The van der Waals surface area contributed by atoms with Crippen LogP contribution in [0, 0.1) is 11.3 Å². The Morgan fingerprint density at radius 3 is 2.54 bits per heavy atom. The molecular formula is C20H19NO7. The van der Waals surface area contributed by atoms with Gasteiger partial charge in [-0.15, -0.1) is 0 Å². The maximum absolute atomic E-state index is 11.5. The molecule has 0 unspecified atom stereocenters. The second kappa shape index (κ2) is 9.83. The van der Waals surface area contributed by atoms with Crippen molar-refractivity contribution in [2.24, 2.45) is 0 Å². The average molecular weight is 385 g/mol. The normalized spacial score (nSPS) is 10.7. The highest BCUT2D eigenvalue weighted by molar-refractivity contribution is 5.97. The van der Waals surface area contributed by atoms with Crippen molar-refractivity contribution in [1.82, 2.24) is 0 Å². The standard InChI is InChI=1S/C20H19NO7/c1-4-26-18-10-13(9-14(11-21)19(22)24-2)5-7-16(18)27-12-15-6-8-17(28-15)20(23)25-3/h5-10H,4,12H2,1-3H3/b14-9+. The van der Waals surface area contributed by atoms with E-state index in [-0.39, 0.29) is 17.9 Å². The van der Waals surface area contributed by atoms with Gasteiger partial charge in [-0.2, -0.15) is 5.26 Å². The summed E-state index contributed by atoms with van der Waals surface area (Å²) in [6.45, 7) is 2.27. The van der Waals surface area contributed by atoms with Crippen LogP contribution in [0.25, 0.3) is 6.08 Å². The van der Waals surface area contributed by atoms with E-state index in [1.165, 1.54) is 26.4 Å². The van der Waals surface area contributed by atoms with Crippen LogP contribution < -0.4 is 9.47 Å². The van der Waals surface area contributed by atoms with Crippen LogP contribution in [0.4, 0.5) is 0 Å². The van der Waals surface area contributed by atoms with E-state index in [1.807, 2.05) is 6.92 Å². The number of rotatable bonds is 8. The molecule has 0 saturated carbocycles. The van der Waals surface area contributed by atoms with Crippen molar-refractivity contribution in [3.63, 3.8) is 0 Å². The van der Waals surface area contributed by atoms with Gasteiger partial charge in [-0.1, -0.05) is 6.07 Å². The maximum Gasteiger partial charge on any atom is 0.373 e. The molecule has 2 rings (SSSR count). The van der Waals surface area contributed by atoms with Gasteiger partial charge in [0.2, 0.25) is 5.76 Å². The number of furan rings is 1. The first-order valence-electron chi connectivity index (χ1n) is 8.29. The van der Waals surface area contributed by atoms with E-state index >= 15 is 0 Å². The lowest BCUT2D eigenvalue weighted by Crippen LogP contribution is -2.03. The van der Waals surface area contributed by atoms with Gasteiger partial charge in [0.05, 0.1) is 20.8 Å². The fraction of sp³-hybridized carbons (Fsp3) is 0.250. The predicted octanol–water partition coefficient (Wildman–Crippen LogP) is 3.12. The van der Waals surface area contributed by atoms with Crippen molar-refractivity contribution < 1.29 is 33.0 Å². The van der Waals surface area contributed by atoms with Gasteiger partial charge in [0, 0.05) is 0 Å². The Labute approximate surface area is 161 Å². The van der Waals surface area contributed by atoms with Crippen LogP contribution in [-0.2, 0) is 20.9 Å². The zero-order valence-corrected chi connectivity index (χ0v) is 15.7. The highest BCUT2D eigenvalue weighted by Crippen LogP contribution is 2.30. The van der Waals surface area contributed by atoms with E-state index in [4.69, 9.17) is 19.2 Å². The van der Waals surface area contributed by atoms with Gasteiger partial charge < -0.3 is 23.4 Å². The molecule has 0 amide bonds. The smallest absolute Gasteiger partial charge is 0.373 e. The van der Waals surface area contributed by atoms with Gasteiger partial charge in [-0.25, -0.2) is 9.59 Å². The van der Waals surface area contributed by atoms with Crippen molar-refractivity contribution >= 4 is 18.0 Å². The molecule has 0 atom stereocenters. The molecule has 0 radical (unpaired) electrons.